The molecule has 0 radical (unpaired) electrons. The second-order valence-corrected chi connectivity index (χ2v) is 8.41. The number of benzene rings is 2. The van der Waals surface area contributed by atoms with E-state index < -0.39 is 15.9 Å². The number of carbonyl (C=O) groups is 1. The summed E-state index contributed by atoms with van der Waals surface area (Å²) in [6.45, 7) is 2.12. The van der Waals surface area contributed by atoms with Crippen molar-refractivity contribution >= 4 is 33.2 Å². The van der Waals surface area contributed by atoms with E-state index in [1.807, 2.05) is 31.2 Å². The predicted molar refractivity (Wildman–Crippen MR) is 110 cm³/mol. The van der Waals surface area contributed by atoms with Crippen molar-refractivity contribution in [3.8, 4) is 11.5 Å². The number of anilines is 1. The van der Waals surface area contributed by atoms with Crippen LogP contribution < -0.4 is 19.1 Å². The lowest BCUT2D eigenvalue weighted by molar-refractivity contribution is -0.119. The molecule has 0 aromatic heterocycles. The number of halogens is 1. The van der Waals surface area contributed by atoms with Gasteiger partial charge in [0.2, 0.25) is 15.9 Å². The molecule has 2 aromatic rings. The number of sulfonamides is 1. The van der Waals surface area contributed by atoms with E-state index in [1.54, 1.807) is 6.07 Å². The third-order valence-corrected chi connectivity index (χ3v) is 5.26. The summed E-state index contributed by atoms with van der Waals surface area (Å²) in [5.74, 6) is 0.659. The van der Waals surface area contributed by atoms with Crippen LogP contribution in [-0.2, 0) is 14.8 Å². The summed E-state index contributed by atoms with van der Waals surface area (Å²) in [4.78, 5) is 12.2. The second-order valence-electron chi connectivity index (χ2n) is 6.10. The summed E-state index contributed by atoms with van der Waals surface area (Å²) in [6.07, 6.45) is 1.03. The number of ether oxygens (including phenoxy) is 2. The minimum Gasteiger partial charge on any atom is -0.495 e. The largest absolute Gasteiger partial charge is 0.495 e. The minimum atomic E-state index is -3.69. The number of aryl methyl sites for hydroxylation is 1. The van der Waals surface area contributed by atoms with Gasteiger partial charge in [0.05, 0.1) is 30.6 Å². The predicted octanol–water partition coefficient (Wildman–Crippen LogP) is 2.62. The van der Waals surface area contributed by atoms with Gasteiger partial charge in [0.15, 0.2) is 0 Å². The van der Waals surface area contributed by atoms with E-state index in [2.05, 4.69) is 5.32 Å². The number of amides is 1. The highest BCUT2D eigenvalue weighted by molar-refractivity contribution is 7.92. The Kier molecular flexibility index (Phi) is 7.53. The topological polar surface area (TPSA) is 84.9 Å². The quantitative estimate of drug-likeness (QED) is 0.623. The van der Waals surface area contributed by atoms with Gasteiger partial charge in [0.25, 0.3) is 0 Å². The maximum absolute atomic E-state index is 12.2. The van der Waals surface area contributed by atoms with Crippen molar-refractivity contribution < 1.29 is 22.7 Å². The number of hydrogen-bond donors (Lipinski definition) is 1. The van der Waals surface area contributed by atoms with Gasteiger partial charge in [-0.25, -0.2) is 8.42 Å². The molecule has 7 nitrogen and oxygen atoms in total. The van der Waals surface area contributed by atoms with Crippen molar-refractivity contribution in [2.75, 3.05) is 37.4 Å². The van der Waals surface area contributed by atoms with Gasteiger partial charge in [0, 0.05) is 0 Å². The van der Waals surface area contributed by atoms with E-state index >= 15 is 0 Å². The van der Waals surface area contributed by atoms with Crippen LogP contribution in [-0.4, -0.2) is 47.4 Å². The first-order valence-corrected chi connectivity index (χ1v) is 10.7. The molecule has 0 aliphatic carbocycles. The lowest BCUT2D eigenvalue weighted by atomic mass is 10.2. The molecule has 0 spiro atoms. The molecule has 0 atom stereocenters. The Bertz CT molecular complexity index is 916. The van der Waals surface area contributed by atoms with Crippen LogP contribution in [0.1, 0.15) is 5.56 Å². The first-order chi connectivity index (χ1) is 13.2. The van der Waals surface area contributed by atoms with Crippen LogP contribution in [0.2, 0.25) is 5.02 Å². The van der Waals surface area contributed by atoms with E-state index in [1.165, 1.54) is 19.2 Å². The molecule has 0 aliphatic rings. The van der Waals surface area contributed by atoms with Crippen molar-refractivity contribution in [3.63, 3.8) is 0 Å². The summed E-state index contributed by atoms with van der Waals surface area (Å²) in [5, 5.41) is 2.90. The first kappa shape index (κ1) is 21.8. The van der Waals surface area contributed by atoms with Crippen LogP contribution >= 0.6 is 11.6 Å². The molecule has 0 fully saturated rings. The molecule has 0 saturated heterocycles. The Morgan fingerprint density at radius 1 is 1.18 bits per heavy atom. The fraction of sp³-hybridized carbons (Fsp3) is 0.316. The zero-order valence-corrected chi connectivity index (χ0v) is 17.5. The maximum atomic E-state index is 12.2. The average molecular weight is 427 g/mol. The molecule has 1 amide bonds. The van der Waals surface area contributed by atoms with E-state index in [-0.39, 0.29) is 30.4 Å². The molecule has 152 valence electrons. The van der Waals surface area contributed by atoms with Gasteiger partial charge in [-0.1, -0.05) is 29.3 Å². The van der Waals surface area contributed by atoms with Gasteiger partial charge in [-0.2, -0.15) is 0 Å². The highest BCUT2D eigenvalue weighted by Crippen LogP contribution is 2.30. The molecule has 9 heteroatoms. The molecule has 0 saturated carbocycles. The second kappa shape index (κ2) is 9.66. The molecule has 0 bridgehead atoms. The van der Waals surface area contributed by atoms with Crippen molar-refractivity contribution in [3.05, 3.63) is 53.1 Å². The molecule has 0 unspecified atom stereocenters. The van der Waals surface area contributed by atoms with Gasteiger partial charge in [0.1, 0.15) is 24.7 Å². The minimum absolute atomic E-state index is 0.244. The third kappa shape index (κ3) is 6.31. The SMILES string of the molecule is COc1ccc(N(CC(=O)NCCOc2ccc(C)cc2)S(C)(=O)=O)cc1Cl. The van der Waals surface area contributed by atoms with E-state index in [0.717, 1.165) is 16.1 Å². The molecule has 2 rings (SSSR count). The standard InChI is InChI=1S/C19H23ClN2O5S/c1-14-4-7-16(8-5-14)27-11-10-21-19(23)13-22(28(3,24)25)15-6-9-18(26-2)17(20)12-15/h4-9,12H,10-11,13H2,1-3H3,(H,21,23). The first-order valence-electron chi connectivity index (χ1n) is 8.48. The molecule has 1 N–H and O–H groups in total. The Balaban J connectivity index is 1.94. The molecule has 0 aliphatic heterocycles. The molecule has 0 heterocycles. The number of nitrogens with one attached hydrogen (secondary N) is 1. The Morgan fingerprint density at radius 2 is 1.86 bits per heavy atom. The smallest absolute Gasteiger partial charge is 0.240 e. The Labute approximate surface area is 170 Å². The summed E-state index contributed by atoms with van der Waals surface area (Å²) in [6, 6.07) is 12.1. The van der Waals surface area contributed by atoms with Crippen LogP contribution in [0, 0.1) is 6.92 Å². The van der Waals surface area contributed by atoms with Gasteiger partial charge in [-0.05, 0) is 37.3 Å². The lowest BCUT2D eigenvalue weighted by Crippen LogP contribution is -2.41. The summed E-state index contributed by atoms with van der Waals surface area (Å²) < 4.78 is 35.8. The molecular weight excluding hydrogens is 404 g/mol. The summed E-state index contributed by atoms with van der Waals surface area (Å²) in [7, 11) is -2.23. The number of carbonyl (C=O) groups excluding carboxylic acids is 1. The normalized spacial score (nSPS) is 11.0. The van der Waals surface area contributed by atoms with Crippen molar-refractivity contribution in [1.29, 1.82) is 0 Å². The van der Waals surface area contributed by atoms with Gasteiger partial charge in [-0.3, -0.25) is 9.10 Å². The number of hydrogen-bond acceptors (Lipinski definition) is 5. The van der Waals surface area contributed by atoms with Crippen molar-refractivity contribution in [2.24, 2.45) is 0 Å². The van der Waals surface area contributed by atoms with Gasteiger partial charge < -0.3 is 14.8 Å². The third-order valence-electron chi connectivity index (χ3n) is 3.82. The maximum Gasteiger partial charge on any atom is 0.240 e. The zero-order valence-electron chi connectivity index (χ0n) is 15.9. The van der Waals surface area contributed by atoms with E-state index in [9.17, 15) is 13.2 Å². The van der Waals surface area contributed by atoms with E-state index in [0.29, 0.717) is 11.5 Å². The Hall–Kier alpha value is -2.45. The number of rotatable bonds is 9. The lowest BCUT2D eigenvalue weighted by Gasteiger charge is -2.22. The van der Waals surface area contributed by atoms with Crippen molar-refractivity contribution in [2.45, 2.75) is 6.92 Å². The average Bonchev–Trinajstić information content (AvgIpc) is 2.64. The van der Waals surface area contributed by atoms with Crippen LogP contribution in [0.15, 0.2) is 42.5 Å². The summed E-state index contributed by atoms with van der Waals surface area (Å²) in [5.41, 5.74) is 1.40. The van der Waals surface area contributed by atoms with Gasteiger partial charge >= 0.3 is 0 Å². The van der Waals surface area contributed by atoms with Gasteiger partial charge in [-0.15, -0.1) is 0 Å². The zero-order chi connectivity index (χ0) is 20.7. The number of methoxy groups -OCH3 is 1. The molecular formula is C19H23ClN2O5S. The van der Waals surface area contributed by atoms with Crippen molar-refractivity contribution in [1.82, 2.24) is 5.32 Å². The Morgan fingerprint density at radius 3 is 2.43 bits per heavy atom. The molecule has 2 aromatic carbocycles. The highest BCUT2D eigenvalue weighted by Gasteiger charge is 2.21. The van der Waals surface area contributed by atoms with Crippen LogP contribution in [0.5, 0.6) is 11.5 Å². The monoisotopic (exact) mass is 426 g/mol. The van der Waals surface area contributed by atoms with E-state index in [4.69, 9.17) is 21.1 Å². The summed E-state index contributed by atoms with van der Waals surface area (Å²) >= 11 is 6.07. The fourth-order valence-electron chi connectivity index (χ4n) is 2.39. The number of nitrogens with zero attached hydrogens (tertiary/aromatic N) is 1. The van der Waals surface area contributed by atoms with Crippen LogP contribution in [0.25, 0.3) is 0 Å². The van der Waals surface area contributed by atoms with Crippen LogP contribution in [0.3, 0.4) is 0 Å². The molecule has 28 heavy (non-hydrogen) atoms. The highest BCUT2D eigenvalue weighted by atomic mass is 35.5. The van der Waals surface area contributed by atoms with Crippen LogP contribution in [0.4, 0.5) is 5.69 Å². The fourth-order valence-corrected chi connectivity index (χ4v) is 3.49.